The molecule has 38 heavy (non-hydrogen) atoms. The summed E-state index contributed by atoms with van der Waals surface area (Å²) >= 11 is 0. The van der Waals surface area contributed by atoms with Gasteiger partial charge in [-0.2, -0.15) is 8.78 Å². The monoisotopic (exact) mass is 524 g/mol. The van der Waals surface area contributed by atoms with Crippen LogP contribution in [-0.4, -0.2) is 70.5 Å². The Hall–Kier alpha value is -3.82. The lowest BCUT2D eigenvalue weighted by atomic mass is 9.98. The molecule has 1 unspecified atom stereocenters. The summed E-state index contributed by atoms with van der Waals surface area (Å²) in [5, 5.41) is 0.884. The van der Waals surface area contributed by atoms with Crippen LogP contribution in [0.5, 0.6) is 11.6 Å². The highest BCUT2D eigenvalue weighted by atomic mass is 19.3. The first-order chi connectivity index (χ1) is 18.2. The highest BCUT2D eigenvalue weighted by Gasteiger charge is 2.36. The topological polar surface area (TPSA) is 84.9 Å². The highest BCUT2D eigenvalue weighted by molar-refractivity contribution is 5.98. The lowest BCUT2D eigenvalue weighted by molar-refractivity contribution is -0.134. The van der Waals surface area contributed by atoms with Crippen molar-refractivity contribution in [2.24, 2.45) is 5.92 Å². The summed E-state index contributed by atoms with van der Waals surface area (Å²) in [5.74, 6) is 0.547. The van der Waals surface area contributed by atoms with Crippen molar-refractivity contribution >= 4 is 22.7 Å². The number of nitrogens with zero attached hydrogens (tertiary/aromatic N) is 4. The summed E-state index contributed by atoms with van der Waals surface area (Å²) in [5.41, 5.74) is 3.79. The summed E-state index contributed by atoms with van der Waals surface area (Å²) in [6.45, 7) is 4.47. The van der Waals surface area contributed by atoms with Crippen LogP contribution in [0.15, 0.2) is 36.7 Å². The number of benzene rings is 1. The number of halogens is 2. The Morgan fingerprint density at radius 1 is 1.05 bits per heavy atom. The maximum Gasteiger partial charge on any atom is 0.388 e. The lowest BCUT2D eigenvalue weighted by Crippen LogP contribution is -2.37. The van der Waals surface area contributed by atoms with Gasteiger partial charge in [-0.3, -0.25) is 14.6 Å². The molecule has 0 saturated carbocycles. The molecule has 2 saturated heterocycles. The molecule has 3 aromatic rings. The van der Waals surface area contributed by atoms with Gasteiger partial charge in [-0.1, -0.05) is 0 Å². The molecule has 2 aliphatic rings. The zero-order valence-electron chi connectivity index (χ0n) is 21.6. The van der Waals surface area contributed by atoms with Gasteiger partial charge >= 0.3 is 6.61 Å². The van der Waals surface area contributed by atoms with Gasteiger partial charge in [-0.05, 0) is 50.1 Å². The quantitative estimate of drug-likeness (QED) is 0.476. The zero-order chi connectivity index (χ0) is 27.0. The number of aromatic nitrogens is 2. The molecule has 5 rings (SSSR count). The molecule has 2 aromatic heterocycles. The summed E-state index contributed by atoms with van der Waals surface area (Å²) in [4.78, 5) is 36.8. The second kappa shape index (κ2) is 10.5. The predicted molar refractivity (Wildman–Crippen MR) is 137 cm³/mol. The van der Waals surface area contributed by atoms with Crippen LogP contribution in [-0.2, 0) is 9.59 Å². The molecule has 1 aromatic carbocycles. The van der Waals surface area contributed by atoms with E-state index in [1.807, 2.05) is 30.0 Å². The van der Waals surface area contributed by atoms with Crippen LogP contribution in [0, 0.1) is 19.8 Å². The molecule has 0 bridgehead atoms. The highest BCUT2D eigenvalue weighted by Crippen LogP contribution is 2.36. The first kappa shape index (κ1) is 25.8. The fraction of sp³-hybridized carbons (Fsp3) is 0.429. The minimum absolute atomic E-state index is 0.00643. The van der Waals surface area contributed by atoms with Crippen LogP contribution in [0.1, 0.15) is 30.9 Å². The molecule has 200 valence electrons. The number of rotatable bonds is 6. The Kier molecular flexibility index (Phi) is 7.14. The predicted octanol–water partition coefficient (Wildman–Crippen LogP) is 4.36. The van der Waals surface area contributed by atoms with Gasteiger partial charge in [0.25, 0.3) is 0 Å². The summed E-state index contributed by atoms with van der Waals surface area (Å²) < 4.78 is 36.2. The smallest absolute Gasteiger partial charge is 0.388 e. The molecule has 2 fully saturated rings. The third-order valence-corrected chi connectivity index (χ3v) is 7.39. The average molecular weight is 525 g/mol. The molecule has 8 nitrogen and oxygen atoms in total. The molecule has 0 aliphatic carbocycles. The standard InChI is InChI=1S/C28H30F2N4O4/c1-16-12-20(13-32-26(16)38-28(29)30)22-6-9-31-23-4-5-24(17(2)25(22)23)37-21-8-11-34(15-21)27(36)19-7-10-33(14-19)18(3)35/h4-6,9,12-13,19,21,28H,7-8,10-11,14-15H2,1-3H3/t19?,21-/m0/s1. The van der Waals surface area contributed by atoms with Gasteiger partial charge in [0.15, 0.2) is 0 Å². The van der Waals surface area contributed by atoms with Gasteiger partial charge in [-0.25, -0.2) is 4.98 Å². The van der Waals surface area contributed by atoms with E-state index in [-0.39, 0.29) is 29.7 Å². The largest absolute Gasteiger partial charge is 0.488 e. The molecular formula is C28H30F2N4O4. The van der Waals surface area contributed by atoms with Gasteiger partial charge < -0.3 is 19.3 Å². The van der Waals surface area contributed by atoms with Crippen LogP contribution in [0.3, 0.4) is 0 Å². The van der Waals surface area contributed by atoms with E-state index >= 15 is 0 Å². The lowest BCUT2D eigenvalue weighted by Gasteiger charge is -2.22. The average Bonchev–Trinajstić information content (AvgIpc) is 3.56. The molecule has 0 N–H and O–H groups in total. The van der Waals surface area contributed by atoms with Gasteiger partial charge in [-0.15, -0.1) is 0 Å². The van der Waals surface area contributed by atoms with Crippen LogP contribution in [0.2, 0.25) is 0 Å². The summed E-state index contributed by atoms with van der Waals surface area (Å²) in [6, 6.07) is 7.42. The number of carbonyl (C=O) groups excluding carboxylic acids is 2. The van der Waals surface area contributed by atoms with Gasteiger partial charge in [0.1, 0.15) is 11.9 Å². The number of hydrogen-bond donors (Lipinski definition) is 0. The molecule has 2 aliphatic heterocycles. The van der Waals surface area contributed by atoms with Crippen LogP contribution in [0.25, 0.3) is 22.0 Å². The second-order valence-electron chi connectivity index (χ2n) is 9.93. The SMILES string of the molecule is CC(=O)N1CCC(C(=O)N2CC[C@H](Oc3ccc4nccc(-c5cnc(OC(F)F)c(C)c5)c4c3C)C2)C1. The number of carbonyl (C=O) groups is 2. The zero-order valence-corrected chi connectivity index (χ0v) is 21.6. The van der Waals surface area contributed by atoms with Crippen molar-refractivity contribution in [2.75, 3.05) is 26.2 Å². The van der Waals surface area contributed by atoms with E-state index < -0.39 is 6.61 Å². The molecule has 2 amide bonds. The Balaban J connectivity index is 1.34. The number of aryl methyl sites for hydroxylation is 2. The number of ether oxygens (including phenoxy) is 2. The van der Waals surface area contributed by atoms with Crippen LogP contribution < -0.4 is 9.47 Å². The number of amides is 2. The maximum absolute atomic E-state index is 13.0. The minimum Gasteiger partial charge on any atom is -0.488 e. The van der Waals surface area contributed by atoms with E-state index in [0.29, 0.717) is 43.9 Å². The molecule has 0 radical (unpaired) electrons. The van der Waals surface area contributed by atoms with Gasteiger partial charge in [0, 0.05) is 67.4 Å². The number of alkyl halides is 2. The summed E-state index contributed by atoms with van der Waals surface area (Å²) in [7, 11) is 0. The van der Waals surface area contributed by atoms with Crippen molar-refractivity contribution in [2.45, 2.75) is 46.3 Å². The minimum atomic E-state index is -2.94. The maximum atomic E-state index is 13.0. The Morgan fingerprint density at radius 3 is 2.55 bits per heavy atom. The van der Waals surface area contributed by atoms with Crippen molar-refractivity contribution in [1.29, 1.82) is 0 Å². The number of fused-ring (bicyclic) bond motifs is 1. The first-order valence-electron chi connectivity index (χ1n) is 12.7. The second-order valence-corrected chi connectivity index (χ2v) is 9.93. The molecule has 0 spiro atoms. The molecule has 4 heterocycles. The van der Waals surface area contributed by atoms with Crippen molar-refractivity contribution < 1.29 is 27.8 Å². The molecular weight excluding hydrogens is 494 g/mol. The number of hydrogen-bond acceptors (Lipinski definition) is 6. The van der Waals surface area contributed by atoms with E-state index in [9.17, 15) is 18.4 Å². The Bertz CT molecular complexity index is 1380. The van der Waals surface area contributed by atoms with E-state index in [4.69, 9.17) is 4.74 Å². The van der Waals surface area contributed by atoms with Crippen molar-refractivity contribution in [3.05, 3.63) is 47.8 Å². The van der Waals surface area contributed by atoms with Crippen molar-refractivity contribution in [3.63, 3.8) is 0 Å². The third kappa shape index (κ3) is 5.12. The summed E-state index contributed by atoms with van der Waals surface area (Å²) in [6.07, 6.45) is 4.50. The fourth-order valence-electron chi connectivity index (χ4n) is 5.40. The van der Waals surface area contributed by atoms with Crippen LogP contribution >= 0.6 is 0 Å². The van der Waals surface area contributed by atoms with Crippen LogP contribution in [0.4, 0.5) is 8.78 Å². The first-order valence-corrected chi connectivity index (χ1v) is 12.7. The Labute approximate surface area is 219 Å². The number of likely N-dealkylation sites (tertiary alicyclic amines) is 2. The van der Waals surface area contributed by atoms with Crippen molar-refractivity contribution in [3.8, 4) is 22.8 Å². The van der Waals surface area contributed by atoms with E-state index in [2.05, 4.69) is 14.7 Å². The number of pyridine rings is 2. The van der Waals surface area contributed by atoms with E-state index in [1.165, 1.54) is 13.1 Å². The third-order valence-electron chi connectivity index (χ3n) is 7.39. The van der Waals surface area contributed by atoms with Crippen molar-refractivity contribution in [1.82, 2.24) is 19.8 Å². The van der Waals surface area contributed by atoms with Gasteiger partial charge in [0.05, 0.1) is 18.0 Å². The van der Waals surface area contributed by atoms with E-state index in [0.717, 1.165) is 34.0 Å². The van der Waals surface area contributed by atoms with E-state index in [1.54, 1.807) is 24.1 Å². The molecule has 2 atom stereocenters. The normalized spacial score (nSPS) is 19.4. The fourth-order valence-corrected chi connectivity index (χ4v) is 5.40. The molecule has 10 heteroatoms. The van der Waals surface area contributed by atoms with Gasteiger partial charge in [0.2, 0.25) is 17.7 Å². The Morgan fingerprint density at radius 2 is 1.84 bits per heavy atom.